The predicted octanol–water partition coefficient (Wildman–Crippen LogP) is 2.61. The SMILES string of the molecule is CC(C)c1nnsc1C(=O)N(CCCl)CC(F)F. The van der Waals surface area contributed by atoms with Gasteiger partial charge in [-0.1, -0.05) is 18.3 Å². The predicted molar refractivity (Wildman–Crippen MR) is 66.6 cm³/mol. The second kappa shape index (κ2) is 6.94. The molecule has 0 aliphatic rings. The Labute approximate surface area is 113 Å². The minimum absolute atomic E-state index is 0.0205. The lowest BCUT2D eigenvalue weighted by molar-refractivity contribution is 0.0574. The van der Waals surface area contributed by atoms with Crippen molar-refractivity contribution in [3.8, 4) is 0 Å². The average molecular weight is 298 g/mol. The summed E-state index contributed by atoms with van der Waals surface area (Å²) < 4.78 is 28.5. The Morgan fingerprint density at radius 1 is 1.50 bits per heavy atom. The lowest BCUT2D eigenvalue weighted by atomic mass is 10.1. The van der Waals surface area contributed by atoms with Gasteiger partial charge in [0, 0.05) is 12.4 Å². The molecule has 0 saturated carbocycles. The van der Waals surface area contributed by atoms with E-state index in [9.17, 15) is 13.6 Å². The summed E-state index contributed by atoms with van der Waals surface area (Å²) in [5.74, 6) is -0.344. The molecule has 1 rings (SSSR count). The number of nitrogens with zero attached hydrogens (tertiary/aromatic N) is 3. The quantitative estimate of drug-likeness (QED) is 0.758. The molecule has 0 bridgehead atoms. The number of rotatable bonds is 6. The highest BCUT2D eigenvalue weighted by Gasteiger charge is 2.25. The van der Waals surface area contributed by atoms with Crippen LogP contribution in [0.4, 0.5) is 8.78 Å². The van der Waals surface area contributed by atoms with E-state index in [0.717, 1.165) is 16.4 Å². The van der Waals surface area contributed by atoms with Crippen molar-refractivity contribution < 1.29 is 13.6 Å². The van der Waals surface area contributed by atoms with Crippen LogP contribution in [-0.2, 0) is 0 Å². The normalized spacial score (nSPS) is 11.3. The first-order valence-electron chi connectivity index (χ1n) is 5.43. The summed E-state index contributed by atoms with van der Waals surface area (Å²) in [6.07, 6.45) is -2.58. The molecular formula is C10H14ClF2N3OS. The first-order valence-corrected chi connectivity index (χ1v) is 6.73. The number of hydrogen-bond acceptors (Lipinski definition) is 4. The van der Waals surface area contributed by atoms with E-state index in [1.54, 1.807) is 0 Å². The molecule has 0 aliphatic heterocycles. The summed E-state index contributed by atoms with van der Waals surface area (Å²) in [4.78, 5) is 13.5. The zero-order valence-electron chi connectivity index (χ0n) is 10.1. The van der Waals surface area contributed by atoms with Gasteiger partial charge in [0.1, 0.15) is 4.88 Å². The lowest BCUT2D eigenvalue weighted by Crippen LogP contribution is -2.36. The van der Waals surface area contributed by atoms with E-state index in [1.807, 2.05) is 13.8 Å². The Kier molecular flexibility index (Phi) is 5.87. The number of carbonyl (C=O) groups excluding carboxylic acids is 1. The van der Waals surface area contributed by atoms with Gasteiger partial charge in [0.05, 0.1) is 12.2 Å². The molecule has 1 heterocycles. The average Bonchev–Trinajstić information content (AvgIpc) is 2.75. The maximum absolute atomic E-state index is 12.4. The summed E-state index contributed by atoms with van der Waals surface area (Å²) >= 11 is 6.45. The van der Waals surface area contributed by atoms with Crippen molar-refractivity contribution >= 4 is 29.0 Å². The number of aromatic nitrogens is 2. The maximum atomic E-state index is 12.4. The van der Waals surface area contributed by atoms with Crippen LogP contribution in [0.25, 0.3) is 0 Å². The van der Waals surface area contributed by atoms with E-state index in [0.29, 0.717) is 10.6 Å². The fourth-order valence-electron chi connectivity index (χ4n) is 1.41. The molecule has 8 heteroatoms. The zero-order valence-corrected chi connectivity index (χ0v) is 11.6. The monoisotopic (exact) mass is 297 g/mol. The molecule has 0 unspecified atom stereocenters. The number of hydrogen-bond donors (Lipinski definition) is 0. The third-order valence-electron chi connectivity index (χ3n) is 2.25. The zero-order chi connectivity index (χ0) is 13.7. The molecule has 1 amide bonds. The van der Waals surface area contributed by atoms with Crippen LogP contribution in [0.1, 0.15) is 35.1 Å². The van der Waals surface area contributed by atoms with Crippen molar-refractivity contribution in [2.75, 3.05) is 19.0 Å². The maximum Gasteiger partial charge on any atom is 0.267 e. The molecule has 102 valence electrons. The third-order valence-corrected chi connectivity index (χ3v) is 3.15. The number of alkyl halides is 3. The van der Waals surface area contributed by atoms with Gasteiger partial charge in [-0.15, -0.1) is 16.7 Å². The summed E-state index contributed by atoms with van der Waals surface area (Å²) in [6, 6.07) is 0. The molecule has 0 aliphatic carbocycles. The minimum Gasteiger partial charge on any atom is -0.331 e. The van der Waals surface area contributed by atoms with E-state index >= 15 is 0 Å². The molecular weight excluding hydrogens is 284 g/mol. The molecule has 0 spiro atoms. The van der Waals surface area contributed by atoms with Gasteiger partial charge < -0.3 is 4.90 Å². The molecule has 0 N–H and O–H groups in total. The van der Waals surface area contributed by atoms with Crippen molar-refractivity contribution in [2.24, 2.45) is 0 Å². The molecule has 0 radical (unpaired) electrons. The van der Waals surface area contributed by atoms with E-state index in [2.05, 4.69) is 9.59 Å². The second-order valence-corrected chi connectivity index (χ2v) is 5.11. The summed E-state index contributed by atoms with van der Waals surface area (Å²) in [5, 5.41) is 3.86. The van der Waals surface area contributed by atoms with Gasteiger partial charge in [0.15, 0.2) is 0 Å². The van der Waals surface area contributed by atoms with Crippen molar-refractivity contribution in [2.45, 2.75) is 26.2 Å². The first kappa shape index (κ1) is 15.2. The molecule has 4 nitrogen and oxygen atoms in total. The van der Waals surface area contributed by atoms with E-state index in [1.165, 1.54) is 0 Å². The van der Waals surface area contributed by atoms with Crippen LogP contribution in [-0.4, -0.2) is 45.8 Å². The van der Waals surface area contributed by atoms with Crippen LogP contribution in [0.5, 0.6) is 0 Å². The van der Waals surface area contributed by atoms with Gasteiger partial charge in [0.25, 0.3) is 12.3 Å². The Hall–Kier alpha value is -0.820. The highest BCUT2D eigenvalue weighted by Crippen LogP contribution is 2.21. The third kappa shape index (κ3) is 3.84. The topological polar surface area (TPSA) is 46.1 Å². The number of carbonyl (C=O) groups is 1. The van der Waals surface area contributed by atoms with Gasteiger partial charge in [0.2, 0.25) is 0 Å². The Morgan fingerprint density at radius 3 is 2.67 bits per heavy atom. The van der Waals surface area contributed by atoms with E-state index < -0.39 is 18.9 Å². The molecule has 0 atom stereocenters. The molecule has 18 heavy (non-hydrogen) atoms. The summed E-state index contributed by atoms with van der Waals surface area (Å²) in [5.41, 5.74) is 0.541. The highest BCUT2D eigenvalue weighted by atomic mass is 35.5. The van der Waals surface area contributed by atoms with Gasteiger partial charge in [-0.2, -0.15) is 0 Å². The van der Waals surface area contributed by atoms with Crippen LogP contribution >= 0.6 is 23.1 Å². The molecule has 0 saturated heterocycles. The van der Waals surface area contributed by atoms with Crippen molar-refractivity contribution in [1.29, 1.82) is 0 Å². The number of amides is 1. The Bertz CT molecular complexity index is 400. The van der Waals surface area contributed by atoms with Crippen molar-refractivity contribution in [3.05, 3.63) is 10.6 Å². The van der Waals surface area contributed by atoms with Crippen LogP contribution in [0, 0.1) is 0 Å². The van der Waals surface area contributed by atoms with Crippen molar-refractivity contribution in [1.82, 2.24) is 14.5 Å². The minimum atomic E-state index is -2.58. The largest absolute Gasteiger partial charge is 0.331 e. The molecule has 1 aromatic heterocycles. The van der Waals surface area contributed by atoms with Crippen molar-refractivity contribution in [3.63, 3.8) is 0 Å². The molecule has 0 aromatic carbocycles. The summed E-state index contributed by atoms with van der Waals surface area (Å²) in [7, 11) is 0. The fourth-order valence-corrected chi connectivity index (χ4v) is 2.40. The Balaban J connectivity index is 2.91. The van der Waals surface area contributed by atoms with Crippen LogP contribution in [0.15, 0.2) is 0 Å². The van der Waals surface area contributed by atoms with E-state index in [4.69, 9.17) is 11.6 Å². The Morgan fingerprint density at radius 2 is 2.17 bits per heavy atom. The van der Waals surface area contributed by atoms with E-state index in [-0.39, 0.29) is 18.3 Å². The second-order valence-electron chi connectivity index (χ2n) is 3.97. The van der Waals surface area contributed by atoms with Gasteiger partial charge in [-0.05, 0) is 17.5 Å². The molecule has 0 fully saturated rings. The standard InChI is InChI=1S/C10H14ClF2N3OS/c1-6(2)8-9(18-15-14-8)10(17)16(4-3-11)5-7(12)13/h6-7H,3-5H2,1-2H3. The summed E-state index contributed by atoms with van der Waals surface area (Å²) in [6.45, 7) is 3.19. The number of halogens is 3. The van der Waals surface area contributed by atoms with Crippen LogP contribution < -0.4 is 0 Å². The lowest BCUT2D eigenvalue weighted by Gasteiger charge is -2.20. The van der Waals surface area contributed by atoms with Crippen LogP contribution in [0.2, 0.25) is 0 Å². The highest BCUT2D eigenvalue weighted by molar-refractivity contribution is 7.08. The first-order chi connectivity index (χ1) is 8.47. The smallest absolute Gasteiger partial charge is 0.267 e. The fraction of sp³-hybridized carbons (Fsp3) is 0.700. The van der Waals surface area contributed by atoms with Gasteiger partial charge in [-0.3, -0.25) is 4.79 Å². The molecule has 1 aromatic rings. The van der Waals surface area contributed by atoms with Crippen LogP contribution in [0.3, 0.4) is 0 Å². The van der Waals surface area contributed by atoms with Gasteiger partial charge >= 0.3 is 0 Å². The van der Waals surface area contributed by atoms with Gasteiger partial charge in [-0.25, -0.2) is 8.78 Å².